The normalized spacial score (nSPS) is 16.2. The summed E-state index contributed by atoms with van der Waals surface area (Å²) in [6.45, 7) is 0.347. The first-order valence-electron chi connectivity index (χ1n) is 5.26. The molecule has 0 aromatic carbocycles. The maximum Gasteiger partial charge on any atom is 0.329 e. The number of urea groups is 1. The molecule has 0 atom stereocenters. The summed E-state index contributed by atoms with van der Waals surface area (Å²) in [5.41, 5.74) is 0.622. The van der Waals surface area contributed by atoms with Gasteiger partial charge in [0.25, 0.3) is 0 Å². The molecule has 92 valence electrons. The Kier molecular flexibility index (Phi) is 2.51. The molecule has 3 heterocycles. The molecule has 2 aromatic heterocycles. The number of carbonyl (C=O) groups excluding carboxylic acids is 2. The van der Waals surface area contributed by atoms with E-state index in [1.54, 1.807) is 16.5 Å². The van der Waals surface area contributed by atoms with E-state index < -0.39 is 6.03 Å². The minimum Gasteiger partial charge on any atom is -0.279 e. The van der Waals surface area contributed by atoms with E-state index in [2.05, 4.69) is 31.4 Å². The van der Waals surface area contributed by atoms with Crippen LogP contribution in [0.4, 0.5) is 10.6 Å². The molecule has 1 fully saturated rings. The third-order valence-corrected chi connectivity index (χ3v) is 3.34. The Balaban J connectivity index is 2.09. The zero-order valence-corrected chi connectivity index (χ0v) is 10.7. The highest BCUT2D eigenvalue weighted by atomic mass is 79.9. The van der Waals surface area contributed by atoms with Crippen molar-refractivity contribution >= 4 is 39.3 Å². The van der Waals surface area contributed by atoms with E-state index in [1.165, 1.54) is 11.2 Å². The fraction of sp³-hybridized carbons (Fsp3) is 0.200. The van der Waals surface area contributed by atoms with Gasteiger partial charge in [-0.1, -0.05) is 0 Å². The number of hydrogen-bond acceptors (Lipinski definition) is 4. The van der Waals surface area contributed by atoms with Crippen LogP contribution in [-0.4, -0.2) is 33.1 Å². The van der Waals surface area contributed by atoms with Gasteiger partial charge in [-0.2, -0.15) is 0 Å². The molecule has 8 heteroatoms. The van der Waals surface area contributed by atoms with Crippen LogP contribution in [0, 0.1) is 0 Å². The monoisotopic (exact) mass is 309 g/mol. The summed E-state index contributed by atoms with van der Waals surface area (Å²) in [6.07, 6.45) is 1.81. The van der Waals surface area contributed by atoms with Gasteiger partial charge in [-0.05, 0) is 28.1 Å². The van der Waals surface area contributed by atoms with Gasteiger partial charge in [-0.3, -0.25) is 19.4 Å². The Bertz CT molecular complexity index is 653. The van der Waals surface area contributed by atoms with Gasteiger partial charge in [0.1, 0.15) is 12.1 Å². The lowest BCUT2D eigenvalue weighted by Gasteiger charge is -2.26. The molecular weight excluding hydrogens is 302 g/mol. The topological polar surface area (TPSA) is 79.6 Å². The van der Waals surface area contributed by atoms with E-state index in [4.69, 9.17) is 0 Å². The average Bonchev–Trinajstić information content (AvgIpc) is 2.81. The fourth-order valence-corrected chi connectivity index (χ4v) is 2.27. The number of nitrogens with zero attached hydrogens (tertiary/aromatic N) is 4. The lowest BCUT2D eigenvalue weighted by Crippen LogP contribution is -2.50. The van der Waals surface area contributed by atoms with Crippen LogP contribution in [0.25, 0.3) is 5.65 Å². The van der Waals surface area contributed by atoms with Gasteiger partial charge in [0.15, 0.2) is 5.65 Å². The van der Waals surface area contributed by atoms with Crippen LogP contribution in [0.1, 0.15) is 6.42 Å². The van der Waals surface area contributed by atoms with Crippen LogP contribution in [0.5, 0.6) is 0 Å². The number of imide groups is 1. The molecule has 1 N–H and O–H groups in total. The fourth-order valence-electron chi connectivity index (χ4n) is 1.87. The van der Waals surface area contributed by atoms with Gasteiger partial charge >= 0.3 is 6.03 Å². The van der Waals surface area contributed by atoms with Crippen LogP contribution in [0.2, 0.25) is 0 Å². The van der Waals surface area contributed by atoms with Crippen molar-refractivity contribution in [3.63, 3.8) is 0 Å². The highest BCUT2D eigenvalue weighted by Gasteiger charge is 2.26. The molecule has 0 saturated carbocycles. The van der Waals surface area contributed by atoms with Gasteiger partial charge in [0.2, 0.25) is 5.91 Å². The molecule has 1 saturated heterocycles. The maximum atomic E-state index is 11.8. The molecule has 2 aromatic rings. The lowest BCUT2D eigenvalue weighted by molar-refractivity contribution is -0.120. The SMILES string of the molecule is O=C1CCN(c2ccc(Br)c3nncn23)C(=O)N1. The van der Waals surface area contributed by atoms with Gasteiger partial charge in [-0.25, -0.2) is 4.79 Å². The largest absolute Gasteiger partial charge is 0.329 e. The summed E-state index contributed by atoms with van der Waals surface area (Å²) < 4.78 is 2.48. The van der Waals surface area contributed by atoms with Crippen LogP contribution >= 0.6 is 15.9 Å². The van der Waals surface area contributed by atoms with E-state index >= 15 is 0 Å². The third kappa shape index (κ3) is 1.65. The van der Waals surface area contributed by atoms with Gasteiger partial charge in [-0.15, -0.1) is 10.2 Å². The van der Waals surface area contributed by atoms with E-state index in [9.17, 15) is 9.59 Å². The first kappa shape index (κ1) is 11.1. The van der Waals surface area contributed by atoms with Gasteiger partial charge in [0.05, 0.1) is 4.47 Å². The second kappa shape index (κ2) is 4.05. The number of amides is 3. The number of fused-ring (bicyclic) bond motifs is 1. The van der Waals surface area contributed by atoms with Crippen molar-refractivity contribution in [3.05, 3.63) is 22.9 Å². The molecule has 7 nitrogen and oxygen atoms in total. The molecule has 1 aliphatic rings. The Labute approximate surface area is 110 Å². The summed E-state index contributed by atoms with van der Waals surface area (Å²) in [5, 5.41) is 10.1. The van der Waals surface area contributed by atoms with Crippen molar-refractivity contribution in [1.82, 2.24) is 19.9 Å². The zero-order chi connectivity index (χ0) is 12.7. The summed E-state index contributed by atoms with van der Waals surface area (Å²) in [7, 11) is 0. The standard InChI is InChI=1S/C10H8BrN5O2/c11-6-1-2-8(16-5-12-14-9(6)16)15-4-3-7(17)13-10(15)18/h1-2,5H,3-4H2,(H,13,17,18). The number of nitrogens with one attached hydrogen (secondary N) is 1. The number of anilines is 1. The Morgan fingerprint density at radius 1 is 1.33 bits per heavy atom. The van der Waals surface area contributed by atoms with Crippen molar-refractivity contribution < 1.29 is 9.59 Å². The van der Waals surface area contributed by atoms with Crippen LogP contribution in [-0.2, 0) is 4.79 Å². The molecule has 0 spiro atoms. The van der Waals surface area contributed by atoms with E-state index in [0.717, 1.165) is 4.47 Å². The molecule has 0 bridgehead atoms. The van der Waals surface area contributed by atoms with E-state index in [1.807, 2.05) is 0 Å². The Hall–Kier alpha value is -1.96. The maximum absolute atomic E-state index is 11.8. The summed E-state index contributed by atoms with van der Waals surface area (Å²) in [5.74, 6) is 0.372. The first-order valence-corrected chi connectivity index (χ1v) is 6.06. The average molecular weight is 310 g/mol. The second-order valence-corrected chi connectivity index (χ2v) is 4.67. The molecule has 0 aliphatic carbocycles. The third-order valence-electron chi connectivity index (χ3n) is 2.72. The highest BCUT2D eigenvalue weighted by Crippen LogP contribution is 2.23. The minimum atomic E-state index is -0.427. The molecule has 3 rings (SSSR count). The number of pyridine rings is 1. The van der Waals surface area contributed by atoms with E-state index in [0.29, 0.717) is 18.0 Å². The van der Waals surface area contributed by atoms with Crippen molar-refractivity contribution in [2.24, 2.45) is 0 Å². The van der Waals surface area contributed by atoms with Crippen molar-refractivity contribution in [2.75, 3.05) is 11.4 Å². The first-order chi connectivity index (χ1) is 8.66. The summed E-state index contributed by atoms with van der Waals surface area (Å²) >= 11 is 3.36. The Morgan fingerprint density at radius 3 is 2.94 bits per heavy atom. The predicted octanol–water partition coefficient (Wildman–Crippen LogP) is 0.938. The number of halogens is 1. The molecular formula is C10H8BrN5O2. The van der Waals surface area contributed by atoms with Crippen molar-refractivity contribution in [2.45, 2.75) is 6.42 Å². The number of hydrogen-bond donors (Lipinski definition) is 1. The second-order valence-electron chi connectivity index (χ2n) is 3.82. The number of rotatable bonds is 1. The summed E-state index contributed by atoms with van der Waals surface area (Å²) in [4.78, 5) is 24.4. The minimum absolute atomic E-state index is 0.256. The molecule has 1 aliphatic heterocycles. The summed E-state index contributed by atoms with van der Waals surface area (Å²) in [6, 6.07) is 3.14. The number of aromatic nitrogens is 3. The van der Waals surface area contributed by atoms with Gasteiger partial charge in [0, 0.05) is 13.0 Å². The molecule has 3 amide bonds. The zero-order valence-electron chi connectivity index (χ0n) is 9.13. The molecule has 0 unspecified atom stereocenters. The Morgan fingerprint density at radius 2 is 2.17 bits per heavy atom. The van der Waals surface area contributed by atoms with Crippen LogP contribution < -0.4 is 10.2 Å². The quantitative estimate of drug-likeness (QED) is 0.850. The van der Waals surface area contributed by atoms with Crippen molar-refractivity contribution in [3.8, 4) is 0 Å². The van der Waals surface area contributed by atoms with E-state index in [-0.39, 0.29) is 12.3 Å². The smallest absolute Gasteiger partial charge is 0.279 e. The molecule has 0 radical (unpaired) electrons. The predicted molar refractivity (Wildman–Crippen MR) is 66.2 cm³/mol. The number of carbonyl (C=O) groups is 2. The lowest BCUT2D eigenvalue weighted by atomic mass is 10.3. The highest BCUT2D eigenvalue weighted by molar-refractivity contribution is 9.10. The van der Waals surface area contributed by atoms with Crippen LogP contribution in [0.15, 0.2) is 22.9 Å². The van der Waals surface area contributed by atoms with Gasteiger partial charge < -0.3 is 0 Å². The van der Waals surface area contributed by atoms with Crippen LogP contribution in [0.3, 0.4) is 0 Å². The van der Waals surface area contributed by atoms with Crippen molar-refractivity contribution in [1.29, 1.82) is 0 Å². The molecule has 18 heavy (non-hydrogen) atoms.